The number of halogens is 2. The quantitative estimate of drug-likeness (QED) is 0.447. The van der Waals surface area contributed by atoms with Crippen LogP contribution in [0.2, 0.25) is 10.0 Å². The molecule has 3 N–H and O–H groups in total. The lowest BCUT2D eigenvalue weighted by Gasteiger charge is -2.17. The third kappa shape index (κ3) is 7.12. The van der Waals surface area contributed by atoms with E-state index in [1.54, 1.807) is 18.2 Å². The smallest absolute Gasteiger partial charge is 0.211 e. The molecule has 152 valence electrons. The normalized spacial score (nSPS) is 19.9. The lowest BCUT2D eigenvalue weighted by atomic mass is 10.1. The van der Waals surface area contributed by atoms with Crippen LogP contribution in [0.1, 0.15) is 25.0 Å². The summed E-state index contributed by atoms with van der Waals surface area (Å²) in [5.74, 6) is 0.794. The maximum atomic E-state index is 11.6. The van der Waals surface area contributed by atoms with Crippen molar-refractivity contribution in [2.45, 2.75) is 19.4 Å². The zero-order valence-electron chi connectivity index (χ0n) is 15.5. The van der Waals surface area contributed by atoms with Gasteiger partial charge in [0.1, 0.15) is 0 Å². The molecular weight excluding hydrogens is 411 g/mol. The van der Waals surface area contributed by atoms with Gasteiger partial charge in [0.05, 0.1) is 18.9 Å². The molecule has 2 atom stereocenters. The first kappa shape index (κ1) is 22.2. The molecule has 1 aromatic rings. The van der Waals surface area contributed by atoms with E-state index >= 15 is 0 Å². The zero-order valence-corrected chi connectivity index (χ0v) is 17.8. The van der Waals surface area contributed by atoms with Crippen molar-refractivity contribution >= 4 is 39.2 Å². The van der Waals surface area contributed by atoms with Gasteiger partial charge in [-0.1, -0.05) is 23.2 Å². The van der Waals surface area contributed by atoms with Crippen molar-refractivity contribution in [2.24, 2.45) is 10.9 Å². The molecule has 0 aliphatic carbocycles. The number of benzene rings is 1. The molecule has 0 amide bonds. The van der Waals surface area contributed by atoms with Crippen LogP contribution in [0.25, 0.3) is 0 Å². The summed E-state index contributed by atoms with van der Waals surface area (Å²) in [5.41, 5.74) is 0.603. The molecule has 0 spiro atoms. The van der Waals surface area contributed by atoms with Crippen LogP contribution in [0.3, 0.4) is 0 Å². The summed E-state index contributed by atoms with van der Waals surface area (Å²) in [7, 11) is -3.14. The third-order valence-corrected chi connectivity index (χ3v) is 6.02. The van der Waals surface area contributed by atoms with E-state index in [1.165, 1.54) is 10.6 Å². The van der Waals surface area contributed by atoms with Crippen LogP contribution in [-0.4, -0.2) is 62.8 Å². The Labute approximate surface area is 170 Å². The van der Waals surface area contributed by atoms with Crippen LogP contribution in [0.15, 0.2) is 23.2 Å². The molecule has 7 nitrogen and oxygen atoms in total. The van der Waals surface area contributed by atoms with Crippen LogP contribution in [0.4, 0.5) is 0 Å². The van der Waals surface area contributed by atoms with E-state index in [9.17, 15) is 13.5 Å². The highest BCUT2D eigenvalue weighted by Crippen LogP contribution is 2.23. The van der Waals surface area contributed by atoms with E-state index in [1.807, 2.05) is 6.92 Å². The number of sulfonamides is 1. The monoisotopic (exact) mass is 436 g/mol. The lowest BCUT2D eigenvalue weighted by molar-refractivity contribution is 0.187. The molecule has 0 saturated carbocycles. The Bertz CT molecular complexity index is 753. The minimum atomic E-state index is -3.14. The molecule has 1 fully saturated rings. The number of aliphatic hydroxyl groups excluding tert-OH is 1. The average Bonchev–Trinajstić information content (AvgIpc) is 3.05. The van der Waals surface area contributed by atoms with Gasteiger partial charge in [-0.15, -0.1) is 0 Å². The first-order valence-electron chi connectivity index (χ1n) is 8.80. The molecule has 1 aromatic carbocycles. The third-order valence-electron chi connectivity index (χ3n) is 4.31. The maximum Gasteiger partial charge on any atom is 0.211 e. The van der Waals surface area contributed by atoms with Gasteiger partial charge < -0.3 is 15.7 Å². The van der Waals surface area contributed by atoms with E-state index in [-0.39, 0.29) is 12.5 Å². The van der Waals surface area contributed by atoms with Gasteiger partial charge in [0, 0.05) is 36.2 Å². The summed E-state index contributed by atoms with van der Waals surface area (Å²) in [5, 5.41) is 17.6. The van der Waals surface area contributed by atoms with Crippen LogP contribution in [0.5, 0.6) is 0 Å². The van der Waals surface area contributed by atoms with Gasteiger partial charge in [0.15, 0.2) is 5.96 Å². The summed E-state index contributed by atoms with van der Waals surface area (Å²) >= 11 is 11.9. The largest absolute Gasteiger partial charge is 0.386 e. The molecule has 1 saturated heterocycles. The first-order chi connectivity index (χ1) is 12.7. The molecular formula is C17H26Cl2N4O3S. The van der Waals surface area contributed by atoms with E-state index in [0.29, 0.717) is 47.7 Å². The number of nitrogens with one attached hydrogen (secondary N) is 2. The first-order valence-corrected chi connectivity index (χ1v) is 11.4. The standard InChI is InChI=1S/C17H26Cl2N4O3S/c1-3-20-17(21-9-12-4-5-23(11-12)27(2,25)26)22-10-16(24)13-6-14(18)8-15(19)7-13/h6-8,12,16,24H,3-5,9-11H2,1-2H3,(H2,20,21,22). The van der Waals surface area contributed by atoms with Crippen molar-refractivity contribution in [3.8, 4) is 0 Å². The van der Waals surface area contributed by atoms with Crippen LogP contribution in [-0.2, 0) is 10.0 Å². The van der Waals surface area contributed by atoms with Crippen molar-refractivity contribution < 1.29 is 13.5 Å². The number of aliphatic imine (C=N–C) groups is 1. The fourth-order valence-corrected chi connectivity index (χ4v) is 4.36. The Hall–Kier alpha value is -1.06. The molecule has 2 rings (SSSR count). The van der Waals surface area contributed by atoms with Gasteiger partial charge in [-0.25, -0.2) is 12.7 Å². The molecule has 1 heterocycles. The van der Waals surface area contributed by atoms with E-state index in [0.717, 1.165) is 6.42 Å². The molecule has 0 aromatic heterocycles. The predicted molar refractivity (Wildman–Crippen MR) is 110 cm³/mol. The highest BCUT2D eigenvalue weighted by Gasteiger charge is 2.28. The second kappa shape index (κ2) is 9.93. The summed E-state index contributed by atoms with van der Waals surface area (Å²) in [4.78, 5) is 4.40. The Morgan fingerprint density at radius 2 is 2.00 bits per heavy atom. The maximum absolute atomic E-state index is 11.6. The summed E-state index contributed by atoms with van der Waals surface area (Å²) in [6.45, 7) is 4.43. The second-order valence-electron chi connectivity index (χ2n) is 6.59. The van der Waals surface area contributed by atoms with E-state index in [4.69, 9.17) is 23.2 Å². The summed E-state index contributed by atoms with van der Waals surface area (Å²) in [6, 6.07) is 4.92. The van der Waals surface area contributed by atoms with Crippen LogP contribution in [0, 0.1) is 5.92 Å². The second-order valence-corrected chi connectivity index (χ2v) is 9.45. The van der Waals surface area contributed by atoms with E-state index < -0.39 is 16.1 Å². The minimum absolute atomic E-state index is 0.145. The van der Waals surface area contributed by atoms with Crippen molar-refractivity contribution in [2.75, 3.05) is 39.0 Å². The Morgan fingerprint density at radius 1 is 1.33 bits per heavy atom. The molecule has 1 aliphatic rings. The van der Waals surface area contributed by atoms with Gasteiger partial charge in [0.25, 0.3) is 0 Å². The van der Waals surface area contributed by atoms with Crippen LogP contribution < -0.4 is 10.6 Å². The highest BCUT2D eigenvalue weighted by atomic mass is 35.5. The number of hydrogen-bond acceptors (Lipinski definition) is 4. The zero-order chi connectivity index (χ0) is 20.0. The minimum Gasteiger partial charge on any atom is -0.386 e. The Kier molecular flexibility index (Phi) is 8.18. The summed E-state index contributed by atoms with van der Waals surface area (Å²) in [6.07, 6.45) is 1.21. The van der Waals surface area contributed by atoms with Crippen molar-refractivity contribution in [1.29, 1.82) is 0 Å². The summed E-state index contributed by atoms with van der Waals surface area (Å²) < 4.78 is 24.7. The highest BCUT2D eigenvalue weighted by molar-refractivity contribution is 7.88. The van der Waals surface area contributed by atoms with Gasteiger partial charge in [-0.3, -0.25) is 4.99 Å². The van der Waals surface area contributed by atoms with Gasteiger partial charge in [-0.2, -0.15) is 0 Å². The number of rotatable bonds is 7. The topological polar surface area (TPSA) is 94.0 Å². The fourth-order valence-electron chi connectivity index (χ4n) is 2.90. The lowest BCUT2D eigenvalue weighted by Crippen LogP contribution is -2.40. The number of guanidine groups is 1. The molecule has 2 unspecified atom stereocenters. The molecule has 0 bridgehead atoms. The van der Waals surface area contributed by atoms with Crippen molar-refractivity contribution in [3.63, 3.8) is 0 Å². The molecule has 1 aliphatic heterocycles. The number of hydrogen-bond donors (Lipinski definition) is 3. The number of aliphatic hydroxyl groups is 1. The van der Waals surface area contributed by atoms with Gasteiger partial charge >= 0.3 is 0 Å². The fraction of sp³-hybridized carbons (Fsp3) is 0.588. The van der Waals surface area contributed by atoms with Crippen molar-refractivity contribution in [1.82, 2.24) is 14.9 Å². The Balaban J connectivity index is 1.92. The Morgan fingerprint density at radius 3 is 2.56 bits per heavy atom. The average molecular weight is 437 g/mol. The molecule has 27 heavy (non-hydrogen) atoms. The van der Waals surface area contributed by atoms with Gasteiger partial charge in [-0.05, 0) is 43.0 Å². The molecule has 10 heteroatoms. The van der Waals surface area contributed by atoms with Crippen molar-refractivity contribution in [3.05, 3.63) is 33.8 Å². The number of nitrogens with zero attached hydrogens (tertiary/aromatic N) is 2. The van der Waals surface area contributed by atoms with Gasteiger partial charge in [0.2, 0.25) is 10.0 Å². The predicted octanol–water partition coefficient (Wildman–Crippen LogP) is 1.86. The van der Waals surface area contributed by atoms with E-state index in [2.05, 4.69) is 15.6 Å². The van der Waals surface area contributed by atoms with Crippen LogP contribution >= 0.6 is 23.2 Å². The SMILES string of the molecule is CCNC(=NCC(O)c1cc(Cl)cc(Cl)c1)NCC1CCN(S(C)(=O)=O)C1. The molecule has 0 radical (unpaired) electrons.